The van der Waals surface area contributed by atoms with Gasteiger partial charge in [-0.2, -0.15) is 0 Å². The number of nitrogens with one attached hydrogen (secondary N) is 1. The molecular weight excluding hydrogens is 192 g/mol. The normalized spacial score (nSPS) is 26.3. The zero-order chi connectivity index (χ0) is 10.7. The Hall–Kier alpha value is -0.610. The third kappa shape index (κ3) is 2.69. The van der Waals surface area contributed by atoms with Crippen LogP contribution < -0.4 is 5.32 Å². The molecule has 0 aromatic heterocycles. The Kier molecular flexibility index (Phi) is 3.59. The molecule has 1 amide bonds. The summed E-state index contributed by atoms with van der Waals surface area (Å²) in [6.07, 6.45) is 4.33. The van der Waals surface area contributed by atoms with Crippen molar-refractivity contribution < 1.29 is 9.90 Å². The lowest BCUT2D eigenvalue weighted by molar-refractivity contribution is -0.137. The van der Waals surface area contributed by atoms with E-state index in [9.17, 15) is 4.79 Å². The summed E-state index contributed by atoms with van der Waals surface area (Å²) in [4.78, 5) is 14.0. The molecule has 2 rings (SSSR count). The van der Waals surface area contributed by atoms with Gasteiger partial charge in [-0.1, -0.05) is 0 Å². The van der Waals surface area contributed by atoms with Crippen LogP contribution in [0.25, 0.3) is 0 Å². The summed E-state index contributed by atoms with van der Waals surface area (Å²) in [5.41, 5.74) is 0. The Morgan fingerprint density at radius 2 is 2.20 bits per heavy atom. The first-order valence-electron chi connectivity index (χ1n) is 5.95. The number of aliphatic hydroxyl groups is 1. The summed E-state index contributed by atoms with van der Waals surface area (Å²) in [6.45, 7) is 2.45. The van der Waals surface area contributed by atoms with Gasteiger partial charge in [-0.15, -0.1) is 0 Å². The van der Waals surface area contributed by atoms with Gasteiger partial charge in [-0.3, -0.25) is 4.79 Å². The van der Waals surface area contributed by atoms with Crippen molar-refractivity contribution in [3.63, 3.8) is 0 Å². The molecule has 4 heteroatoms. The number of hydrogen-bond donors (Lipinski definition) is 2. The molecule has 2 N–H and O–H groups in total. The van der Waals surface area contributed by atoms with Crippen LogP contribution in [0.4, 0.5) is 0 Å². The van der Waals surface area contributed by atoms with Gasteiger partial charge in [0.1, 0.15) is 0 Å². The predicted molar refractivity (Wildman–Crippen MR) is 57.4 cm³/mol. The first-order valence-corrected chi connectivity index (χ1v) is 5.95. The highest BCUT2D eigenvalue weighted by molar-refractivity contribution is 5.79. The van der Waals surface area contributed by atoms with Gasteiger partial charge >= 0.3 is 0 Å². The summed E-state index contributed by atoms with van der Waals surface area (Å²) in [5, 5.41) is 12.2. The average Bonchev–Trinajstić information content (AvgIpc) is 3.10. The first kappa shape index (κ1) is 10.9. The van der Waals surface area contributed by atoms with Crippen LogP contribution in [0.1, 0.15) is 25.7 Å². The molecule has 1 atom stereocenters. The molecule has 1 saturated carbocycles. The molecule has 1 heterocycles. The fourth-order valence-corrected chi connectivity index (χ4v) is 2.26. The van der Waals surface area contributed by atoms with Crippen molar-refractivity contribution in [2.45, 2.75) is 31.7 Å². The van der Waals surface area contributed by atoms with Crippen molar-refractivity contribution in [1.29, 1.82) is 0 Å². The van der Waals surface area contributed by atoms with Crippen LogP contribution in [-0.2, 0) is 4.79 Å². The highest BCUT2D eigenvalue weighted by Crippen LogP contribution is 2.28. The quantitative estimate of drug-likeness (QED) is 0.688. The number of amides is 1. The first-order chi connectivity index (χ1) is 7.33. The standard InChI is InChI=1S/C11H20N2O2/c14-7-6-13(10-3-4-10)11(15)9-2-1-5-12-8-9/h9-10,12,14H,1-8H2. The maximum Gasteiger partial charge on any atom is 0.227 e. The predicted octanol–water partition coefficient (Wildman–Crippen LogP) is -0.0307. The number of hydrogen-bond acceptors (Lipinski definition) is 3. The molecule has 1 saturated heterocycles. The van der Waals surface area contributed by atoms with Crippen molar-refractivity contribution in [1.82, 2.24) is 10.2 Å². The van der Waals surface area contributed by atoms with E-state index in [0.717, 1.165) is 38.8 Å². The van der Waals surface area contributed by atoms with Gasteiger partial charge in [-0.05, 0) is 32.2 Å². The number of carbonyl (C=O) groups is 1. The van der Waals surface area contributed by atoms with Crippen molar-refractivity contribution in [3.8, 4) is 0 Å². The maximum absolute atomic E-state index is 12.1. The van der Waals surface area contributed by atoms with Gasteiger partial charge in [0.25, 0.3) is 0 Å². The van der Waals surface area contributed by atoms with Crippen molar-refractivity contribution in [2.75, 3.05) is 26.2 Å². The third-order valence-corrected chi connectivity index (χ3v) is 3.26. The highest BCUT2D eigenvalue weighted by Gasteiger charge is 2.35. The summed E-state index contributed by atoms with van der Waals surface area (Å²) >= 11 is 0. The lowest BCUT2D eigenvalue weighted by atomic mass is 9.98. The van der Waals surface area contributed by atoms with Crippen LogP contribution in [0.3, 0.4) is 0 Å². The lowest BCUT2D eigenvalue weighted by Crippen LogP contribution is -2.45. The van der Waals surface area contributed by atoms with Crippen molar-refractivity contribution >= 4 is 5.91 Å². The minimum absolute atomic E-state index is 0.0857. The number of piperidine rings is 1. The molecule has 0 aromatic rings. The number of rotatable bonds is 4. The molecular formula is C11H20N2O2. The van der Waals surface area contributed by atoms with Crippen molar-refractivity contribution in [3.05, 3.63) is 0 Å². The molecule has 2 fully saturated rings. The summed E-state index contributed by atoms with van der Waals surface area (Å²) in [6, 6.07) is 0.423. The molecule has 86 valence electrons. The minimum atomic E-state index is 0.0857. The minimum Gasteiger partial charge on any atom is -0.395 e. The van der Waals surface area contributed by atoms with Crippen LogP contribution in [-0.4, -0.2) is 48.2 Å². The van der Waals surface area contributed by atoms with E-state index in [-0.39, 0.29) is 18.4 Å². The van der Waals surface area contributed by atoms with Gasteiger partial charge in [0.15, 0.2) is 0 Å². The Balaban J connectivity index is 1.90. The van der Waals surface area contributed by atoms with Gasteiger partial charge in [0, 0.05) is 19.1 Å². The number of aliphatic hydroxyl groups excluding tert-OH is 1. The second-order valence-corrected chi connectivity index (χ2v) is 4.53. The number of carbonyl (C=O) groups excluding carboxylic acids is 1. The summed E-state index contributed by atoms with van der Waals surface area (Å²) in [5.74, 6) is 0.393. The van der Waals surface area contributed by atoms with Crippen molar-refractivity contribution in [2.24, 2.45) is 5.92 Å². The monoisotopic (exact) mass is 212 g/mol. The molecule has 2 aliphatic rings. The van der Waals surface area contributed by atoms with Crippen LogP contribution >= 0.6 is 0 Å². The third-order valence-electron chi connectivity index (χ3n) is 3.26. The van der Waals surface area contributed by atoms with Crippen LogP contribution in [0.2, 0.25) is 0 Å². The van der Waals surface area contributed by atoms with Crippen LogP contribution in [0.5, 0.6) is 0 Å². The fourth-order valence-electron chi connectivity index (χ4n) is 2.26. The molecule has 4 nitrogen and oxygen atoms in total. The molecule has 0 bridgehead atoms. The Morgan fingerprint density at radius 3 is 2.73 bits per heavy atom. The van der Waals surface area contributed by atoms with E-state index < -0.39 is 0 Å². The molecule has 0 aromatic carbocycles. The van der Waals surface area contributed by atoms with E-state index in [1.54, 1.807) is 0 Å². The molecule has 1 unspecified atom stereocenters. The number of nitrogens with zero attached hydrogens (tertiary/aromatic N) is 1. The van der Waals surface area contributed by atoms with E-state index in [1.807, 2.05) is 4.90 Å². The SMILES string of the molecule is O=C(C1CCCNC1)N(CCO)C1CC1. The van der Waals surface area contributed by atoms with Crippen LogP contribution in [0.15, 0.2) is 0 Å². The second-order valence-electron chi connectivity index (χ2n) is 4.53. The highest BCUT2D eigenvalue weighted by atomic mass is 16.3. The van der Waals surface area contributed by atoms with Gasteiger partial charge in [0.05, 0.1) is 12.5 Å². The Labute approximate surface area is 90.6 Å². The largest absolute Gasteiger partial charge is 0.395 e. The summed E-state index contributed by atoms with van der Waals surface area (Å²) in [7, 11) is 0. The molecule has 0 radical (unpaired) electrons. The van der Waals surface area contributed by atoms with Gasteiger partial charge < -0.3 is 15.3 Å². The summed E-state index contributed by atoms with van der Waals surface area (Å²) < 4.78 is 0. The van der Waals surface area contributed by atoms with E-state index in [0.29, 0.717) is 12.6 Å². The van der Waals surface area contributed by atoms with E-state index in [1.165, 1.54) is 0 Å². The second kappa shape index (κ2) is 4.94. The van der Waals surface area contributed by atoms with Gasteiger partial charge in [-0.25, -0.2) is 0 Å². The average molecular weight is 212 g/mol. The topological polar surface area (TPSA) is 52.6 Å². The Bertz CT molecular complexity index is 223. The van der Waals surface area contributed by atoms with E-state index in [2.05, 4.69) is 5.32 Å². The zero-order valence-electron chi connectivity index (χ0n) is 9.11. The Morgan fingerprint density at radius 1 is 1.40 bits per heavy atom. The van der Waals surface area contributed by atoms with Gasteiger partial charge in [0.2, 0.25) is 5.91 Å². The van der Waals surface area contributed by atoms with E-state index >= 15 is 0 Å². The smallest absolute Gasteiger partial charge is 0.227 e. The molecule has 15 heavy (non-hydrogen) atoms. The molecule has 1 aliphatic heterocycles. The zero-order valence-corrected chi connectivity index (χ0v) is 9.11. The molecule has 0 spiro atoms. The van der Waals surface area contributed by atoms with E-state index in [4.69, 9.17) is 5.11 Å². The maximum atomic E-state index is 12.1. The lowest BCUT2D eigenvalue weighted by Gasteiger charge is -2.29. The fraction of sp³-hybridized carbons (Fsp3) is 0.909. The molecule has 1 aliphatic carbocycles. The van der Waals surface area contributed by atoms with Crippen LogP contribution in [0, 0.1) is 5.92 Å².